The third-order valence-corrected chi connectivity index (χ3v) is 3.21. The van der Waals surface area contributed by atoms with Crippen molar-refractivity contribution in [2.45, 2.75) is 6.54 Å². The number of nitrogens with zero attached hydrogens (tertiary/aromatic N) is 1. The molecule has 1 heterocycles. The summed E-state index contributed by atoms with van der Waals surface area (Å²) < 4.78 is 14.9. The van der Waals surface area contributed by atoms with Crippen LogP contribution in [0.4, 0.5) is 4.39 Å². The number of rotatable bonds is 3. The fourth-order valence-electron chi connectivity index (χ4n) is 1.46. The van der Waals surface area contributed by atoms with E-state index in [0.717, 1.165) is 16.9 Å². The predicted octanol–water partition coefficient (Wildman–Crippen LogP) is 1.73. The number of thiazole rings is 1. The Morgan fingerprint density at radius 3 is 2.88 bits per heavy atom. The van der Waals surface area contributed by atoms with E-state index in [1.54, 1.807) is 28.3 Å². The summed E-state index contributed by atoms with van der Waals surface area (Å²) in [6.45, 7) is 0.387. The normalized spacial score (nSPS) is 10.4. The lowest BCUT2D eigenvalue weighted by Gasteiger charge is -2.05. The molecule has 0 unspecified atom stereocenters. The Bertz CT molecular complexity index is 618. The molecule has 0 amide bonds. The molecule has 2 N–H and O–H groups in total. The highest BCUT2D eigenvalue weighted by Gasteiger charge is 2.07. The highest BCUT2D eigenvalue weighted by Crippen LogP contribution is 2.11. The van der Waals surface area contributed by atoms with Crippen LogP contribution in [0.15, 0.2) is 34.6 Å². The van der Waals surface area contributed by atoms with Crippen molar-refractivity contribution in [3.63, 3.8) is 0 Å². The van der Waals surface area contributed by atoms with Gasteiger partial charge in [0.15, 0.2) is 0 Å². The topological polar surface area (TPSA) is 48.0 Å². The van der Waals surface area contributed by atoms with Crippen molar-refractivity contribution < 1.29 is 4.39 Å². The molecule has 0 saturated carbocycles. The van der Waals surface area contributed by atoms with E-state index in [0.29, 0.717) is 6.54 Å². The van der Waals surface area contributed by atoms with E-state index < -0.39 is 5.82 Å². The summed E-state index contributed by atoms with van der Waals surface area (Å²) in [6, 6.07) is 4.49. The first-order valence-electron chi connectivity index (χ1n) is 4.80. The van der Waals surface area contributed by atoms with E-state index in [1.807, 2.05) is 0 Å². The molecule has 0 saturated heterocycles. The molecule has 0 aliphatic rings. The standard InChI is InChI=1S/C11H9FN2OS2/c12-9-2-1-7(5-8(9)10(13)16)6-14-3-4-17-11(14)15/h1-5H,6H2,(H2,13,16). The molecule has 0 atom stereocenters. The van der Waals surface area contributed by atoms with Gasteiger partial charge in [-0.3, -0.25) is 4.79 Å². The average molecular weight is 268 g/mol. The van der Waals surface area contributed by atoms with E-state index in [-0.39, 0.29) is 15.4 Å². The number of thiocarbonyl (C=S) groups is 1. The lowest BCUT2D eigenvalue weighted by Crippen LogP contribution is -2.15. The summed E-state index contributed by atoms with van der Waals surface area (Å²) in [6.07, 6.45) is 1.69. The van der Waals surface area contributed by atoms with E-state index in [4.69, 9.17) is 18.0 Å². The van der Waals surface area contributed by atoms with Crippen molar-refractivity contribution in [2.24, 2.45) is 5.73 Å². The molecule has 6 heteroatoms. The van der Waals surface area contributed by atoms with Crippen LogP contribution in [0.5, 0.6) is 0 Å². The Hall–Kier alpha value is -1.53. The minimum atomic E-state index is -0.445. The van der Waals surface area contributed by atoms with Crippen LogP contribution in [0, 0.1) is 5.82 Å². The lowest BCUT2D eigenvalue weighted by atomic mass is 10.1. The molecule has 3 nitrogen and oxygen atoms in total. The summed E-state index contributed by atoms with van der Waals surface area (Å²) in [5, 5.41) is 1.71. The number of benzene rings is 1. The molecule has 1 aromatic carbocycles. The van der Waals surface area contributed by atoms with Gasteiger partial charge in [-0.25, -0.2) is 4.39 Å². The number of aromatic nitrogens is 1. The van der Waals surface area contributed by atoms with Gasteiger partial charge in [-0.1, -0.05) is 29.6 Å². The van der Waals surface area contributed by atoms with E-state index >= 15 is 0 Å². The van der Waals surface area contributed by atoms with Crippen molar-refractivity contribution in [1.82, 2.24) is 4.57 Å². The quantitative estimate of drug-likeness (QED) is 0.862. The van der Waals surface area contributed by atoms with Crippen LogP contribution < -0.4 is 10.6 Å². The number of halogens is 1. The summed E-state index contributed by atoms with van der Waals surface area (Å²) in [7, 11) is 0. The Morgan fingerprint density at radius 2 is 2.29 bits per heavy atom. The molecule has 0 aliphatic carbocycles. The zero-order valence-electron chi connectivity index (χ0n) is 8.72. The van der Waals surface area contributed by atoms with Crippen molar-refractivity contribution in [3.05, 3.63) is 56.4 Å². The van der Waals surface area contributed by atoms with E-state index in [9.17, 15) is 9.18 Å². The Kier molecular flexibility index (Phi) is 3.35. The molecule has 0 aliphatic heterocycles. The fourth-order valence-corrected chi connectivity index (χ4v) is 2.21. The maximum atomic E-state index is 13.3. The minimum absolute atomic E-state index is 0.0158. The second-order valence-electron chi connectivity index (χ2n) is 3.48. The largest absolute Gasteiger partial charge is 0.389 e. The number of hydrogen-bond acceptors (Lipinski definition) is 3. The molecule has 0 spiro atoms. The first-order valence-corrected chi connectivity index (χ1v) is 6.09. The van der Waals surface area contributed by atoms with Crippen molar-refractivity contribution >= 4 is 28.5 Å². The van der Waals surface area contributed by atoms with Crippen LogP contribution in [-0.4, -0.2) is 9.56 Å². The van der Waals surface area contributed by atoms with E-state index in [2.05, 4.69) is 0 Å². The monoisotopic (exact) mass is 268 g/mol. The van der Waals surface area contributed by atoms with Crippen molar-refractivity contribution in [3.8, 4) is 0 Å². The predicted molar refractivity (Wildman–Crippen MR) is 70.0 cm³/mol. The van der Waals surface area contributed by atoms with Crippen LogP contribution in [-0.2, 0) is 6.54 Å². The summed E-state index contributed by atoms with van der Waals surface area (Å²) in [5.41, 5.74) is 6.41. The van der Waals surface area contributed by atoms with Crippen LogP contribution in [0.25, 0.3) is 0 Å². The van der Waals surface area contributed by atoms with Crippen LogP contribution >= 0.6 is 23.6 Å². The molecule has 0 radical (unpaired) electrons. The molecule has 0 bridgehead atoms. The van der Waals surface area contributed by atoms with Gasteiger partial charge in [0, 0.05) is 17.1 Å². The smallest absolute Gasteiger partial charge is 0.307 e. The molecule has 1 aromatic heterocycles. The van der Waals surface area contributed by atoms with Gasteiger partial charge < -0.3 is 10.3 Å². The van der Waals surface area contributed by atoms with E-state index in [1.165, 1.54) is 6.07 Å². The van der Waals surface area contributed by atoms with Gasteiger partial charge in [-0.15, -0.1) is 0 Å². The van der Waals surface area contributed by atoms with Gasteiger partial charge in [0.05, 0.1) is 6.54 Å². The third-order valence-electron chi connectivity index (χ3n) is 2.29. The summed E-state index contributed by atoms with van der Waals surface area (Å²) >= 11 is 5.87. The first-order chi connectivity index (χ1) is 8.08. The maximum absolute atomic E-state index is 13.3. The Balaban J connectivity index is 2.35. The maximum Gasteiger partial charge on any atom is 0.307 e. The van der Waals surface area contributed by atoms with Gasteiger partial charge >= 0.3 is 4.87 Å². The highest BCUT2D eigenvalue weighted by atomic mass is 32.1. The van der Waals surface area contributed by atoms with Gasteiger partial charge in [0.2, 0.25) is 0 Å². The van der Waals surface area contributed by atoms with Crippen molar-refractivity contribution in [1.29, 1.82) is 0 Å². The molecule has 88 valence electrons. The van der Waals surface area contributed by atoms with Crippen LogP contribution in [0.3, 0.4) is 0 Å². The summed E-state index contributed by atoms with van der Waals surface area (Å²) in [4.78, 5) is 11.3. The zero-order valence-corrected chi connectivity index (χ0v) is 10.4. The second-order valence-corrected chi connectivity index (χ2v) is 4.77. The number of nitrogens with two attached hydrogens (primary N) is 1. The highest BCUT2D eigenvalue weighted by molar-refractivity contribution is 7.80. The molecule has 2 rings (SSSR count). The number of hydrogen-bond donors (Lipinski definition) is 1. The molecular formula is C11H9FN2OS2. The molecule has 17 heavy (non-hydrogen) atoms. The summed E-state index contributed by atoms with van der Waals surface area (Å²) in [5.74, 6) is -0.445. The fraction of sp³-hybridized carbons (Fsp3) is 0.0909. The van der Waals surface area contributed by atoms with Crippen LogP contribution in [0.2, 0.25) is 0 Å². The molecule has 0 fully saturated rings. The van der Waals surface area contributed by atoms with Gasteiger partial charge in [0.1, 0.15) is 10.8 Å². The lowest BCUT2D eigenvalue weighted by molar-refractivity contribution is 0.623. The first kappa shape index (κ1) is 11.9. The third kappa shape index (κ3) is 2.59. The molecular weight excluding hydrogens is 259 g/mol. The van der Waals surface area contributed by atoms with Crippen molar-refractivity contribution in [2.75, 3.05) is 0 Å². The SMILES string of the molecule is NC(=S)c1cc(Cn2ccsc2=O)ccc1F. The zero-order chi connectivity index (χ0) is 12.4. The van der Waals surface area contributed by atoms with Gasteiger partial charge in [-0.05, 0) is 17.7 Å². The Labute approximate surface area is 106 Å². The second kappa shape index (κ2) is 4.77. The van der Waals surface area contributed by atoms with Crippen LogP contribution in [0.1, 0.15) is 11.1 Å². The molecule has 2 aromatic rings. The minimum Gasteiger partial charge on any atom is -0.389 e. The average Bonchev–Trinajstić information content (AvgIpc) is 2.67. The van der Waals surface area contributed by atoms with Gasteiger partial charge in [-0.2, -0.15) is 0 Å². The Morgan fingerprint density at radius 1 is 1.53 bits per heavy atom. The van der Waals surface area contributed by atoms with Gasteiger partial charge in [0.25, 0.3) is 0 Å².